The summed E-state index contributed by atoms with van der Waals surface area (Å²) in [6.07, 6.45) is 8.77. The average Bonchev–Trinajstić information content (AvgIpc) is 2.43. The molecule has 0 aliphatic heterocycles. The molecule has 3 nitrogen and oxygen atoms in total. The molecule has 0 heterocycles. The quantitative estimate of drug-likeness (QED) is 0.647. The summed E-state index contributed by atoms with van der Waals surface area (Å²) in [5.41, 5.74) is 0.451. The normalized spacial score (nSPS) is 18.2. The topological polar surface area (TPSA) is 30.5 Å². The lowest BCUT2D eigenvalue weighted by Gasteiger charge is -2.38. The molecular formula is C15H33NO2Si. The van der Waals surface area contributed by atoms with Crippen molar-refractivity contribution in [1.29, 1.82) is 0 Å². The van der Waals surface area contributed by atoms with Crippen LogP contribution in [0.4, 0.5) is 0 Å². The van der Waals surface area contributed by atoms with Crippen molar-refractivity contribution in [2.45, 2.75) is 84.2 Å². The Bertz CT molecular complexity index is 222. The van der Waals surface area contributed by atoms with Crippen molar-refractivity contribution in [3.05, 3.63) is 0 Å². The van der Waals surface area contributed by atoms with Crippen LogP contribution in [-0.4, -0.2) is 28.0 Å². The second-order valence-corrected chi connectivity index (χ2v) is 9.35. The van der Waals surface area contributed by atoms with Crippen LogP contribution in [0.15, 0.2) is 0 Å². The third-order valence-electron chi connectivity index (χ3n) is 3.81. The van der Waals surface area contributed by atoms with Crippen molar-refractivity contribution in [3.63, 3.8) is 0 Å². The molecular weight excluding hydrogens is 254 g/mol. The molecule has 0 atom stereocenters. The van der Waals surface area contributed by atoms with E-state index in [-0.39, 0.29) is 0 Å². The summed E-state index contributed by atoms with van der Waals surface area (Å²) in [5, 5.41) is 0. The van der Waals surface area contributed by atoms with Crippen molar-refractivity contribution in [2.75, 3.05) is 13.2 Å². The first-order chi connectivity index (χ1) is 9.14. The van der Waals surface area contributed by atoms with Crippen molar-refractivity contribution in [1.82, 2.24) is 4.98 Å². The monoisotopic (exact) mass is 287 g/mol. The average molecular weight is 288 g/mol. The molecule has 0 amide bonds. The molecule has 1 saturated carbocycles. The highest BCUT2D eigenvalue weighted by atomic mass is 28.4. The Hall–Kier alpha value is 0.0969. The maximum absolute atomic E-state index is 6.25. The van der Waals surface area contributed by atoms with Crippen LogP contribution in [-0.2, 0) is 8.85 Å². The second-order valence-electron chi connectivity index (χ2n) is 6.00. The summed E-state index contributed by atoms with van der Waals surface area (Å²) >= 11 is 0. The summed E-state index contributed by atoms with van der Waals surface area (Å²) in [6.45, 7) is 10.4. The first kappa shape index (κ1) is 17.1. The zero-order valence-electron chi connectivity index (χ0n) is 13.3. The summed E-state index contributed by atoms with van der Waals surface area (Å²) < 4.78 is 12.5. The minimum atomic E-state index is -2.25. The van der Waals surface area contributed by atoms with Crippen molar-refractivity contribution in [3.8, 4) is 0 Å². The molecule has 0 radical (unpaired) electrons. The molecule has 0 bridgehead atoms. The molecule has 1 aliphatic carbocycles. The number of hydrogen-bond acceptors (Lipinski definition) is 3. The Morgan fingerprint density at radius 3 is 1.95 bits per heavy atom. The van der Waals surface area contributed by atoms with Crippen LogP contribution in [0.5, 0.6) is 0 Å². The fraction of sp³-hybridized carbons (Fsp3) is 1.00. The van der Waals surface area contributed by atoms with E-state index in [0.29, 0.717) is 11.6 Å². The minimum Gasteiger partial charge on any atom is -0.383 e. The van der Waals surface area contributed by atoms with Gasteiger partial charge in [-0.3, -0.25) is 4.98 Å². The van der Waals surface area contributed by atoms with Crippen molar-refractivity contribution in [2.24, 2.45) is 0 Å². The molecule has 1 aliphatic rings. The highest BCUT2D eigenvalue weighted by Gasteiger charge is 2.44. The molecule has 0 aromatic heterocycles. The van der Waals surface area contributed by atoms with Crippen molar-refractivity contribution >= 4 is 8.72 Å². The first-order valence-electron chi connectivity index (χ1n) is 8.20. The summed E-state index contributed by atoms with van der Waals surface area (Å²) in [7, 11) is -2.25. The zero-order chi connectivity index (χ0) is 14.1. The van der Waals surface area contributed by atoms with Gasteiger partial charge in [0.1, 0.15) is 0 Å². The molecule has 0 aromatic rings. The summed E-state index contributed by atoms with van der Waals surface area (Å²) in [4.78, 5) is 3.83. The Kier molecular flexibility index (Phi) is 8.22. The van der Waals surface area contributed by atoms with Crippen LogP contribution in [0, 0.1) is 0 Å². The molecule has 114 valence electrons. The molecule has 19 heavy (non-hydrogen) atoms. The third-order valence-corrected chi connectivity index (χ3v) is 7.41. The van der Waals surface area contributed by atoms with Crippen LogP contribution < -0.4 is 4.98 Å². The van der Waals surface area contributed by atoms with Crippen LogP contribution in [0.3, 0.4) is 0 Å². The van der Waals surface area contributed by atoms with Gasteiger partial charge in [-0.15, -0.1) is 0 Å². The van der Waals surface area contributed by atoms with Gasteiger partial charge in [0.2, 0.25) is 0 Å². The summed E-state index contributed by atoms with van der Waals surface area (Å²) in [6, 6.07) is 0.608. The molecule has 4 heteroatoms. The zero-order valence-corrected chi connectivity index (χ0v) is 14.3. The molecule has 1 rings (SSSR count). The lowest BCUT2D eigenvalue weighted by atomic mass is 9.96. The maximum Gasteiger partial charge on any atom is 0.427 e. The molecule has 1 fully saturated rings. The predicted molar refractivity (Wildman–Crippen MR) is 83.3 cm³/mol. The summed E-state index contributed by atoms with van der Waals surface area (Å²) in [5.74, 6) is 0. The maximum atomic E-state index is 6.25. The molecule has 0 aromatic carbocycles. The Labute approximate surface area is 120 Å². The van der Waals surface area contributed by atoms with E-state index in [1.807, 2.05) is 0 Å². The van der Waals surface area contributed by atoms with Crippen LogP contribution in [0.2, 0.25) is 5.54 Å². The number of nitrogens with one attached hydrogen (secondary N) is 1. The van der Waals surface area contributed by atoms with E-state index >= 15 is 0 Å². The lowest BCUT2D eigenvalue weighted by molar-refractivity contribution is 0.141. The highest BCUT2D eigenvalue weighted by Crippen LogP contribution is 2.26. The van der Waals surface area contributed by atoms with Crippen molar-refractivity contribution < 1.29 is 8.85 Å². The number of rotatable bonds is 9. The Morgan fingerprint density at radius 1 is 1.00 bits per heavy atom. The van der Waals surface area contributed by atoms with Gasteiger partial charge in [0, 0.05) is 24.8 Å². The second kappa shape index (κ2) is 9.11. The lowest BCUT2D eigenvalue weighted by Crippen LogP contribution is -2.62. The van der Waals surface area contributed by atoms with Crippen LogP contribution >= 0.6 is 0 Å². The van der Waals surface area contributed by atoms with Gasteiger partial charge >= 0.3 is 8.72 Å². The van der Waals surface area contributed by atoms with Crippen LogP contribution in [0.1, 0.15) is 72.6 Å². The van der Waals surface area contributed by atoms with Gasteiger partial charge in [0.05, 0.1) is 0 Å². The number of hydrogen-bond donors (Lipinski definition) is 1. The van der Waals surface area contributed by atoms with E-state index in [9.17, 15) is 0 Å². The largest absolute Gasteiger partial charge is 0.427 e. The van der Waals surface area contributed by atoms with E-state index in [1.54, 1.807) is 0 Å². The van der Waals surface area contributed by atoms with Crippen LogP contribution in [0.25, 0.3) is 0 Å². The van der Waals surface area contributed by atoms with Gasteiger partial charge in [-0.2, -0.15) is 0 Å². The molecule has 0 spiro atoms. The van der Waals surface area contributed by atoms with E-state index in [1.165, 1.54) is 32.1 Å². The van der Waals surface area contributed by atoms with Gasteiger partial charge < -0.3 is 8.85 Å². The van der Waals surface area contributed by atoms with Gasteiger partial charge in [0.25, 0.3) is 0 Å². The smallest absolute Gasteiger partial charge is 0.383 e. The van der Waals surface area contributed by atoms with E-state index in [0.717, 1.165) is 26.1 Å². The fourth-order valence-corrected chi connectivity index (χ4v) is 5.79. The Balaban J connectivity index is 2.67. The molecule has 1 N–H and O–H groups in total. The van der Waals surface area contributed by atoms with E-state index in [2.05, 4.69) is 32.7 Å². The first-order valence-corrected chi connectivity index (χ1v) is 10.1. The molecule has 0 unspecified atom stereocenters. The fourth-order valence-electron chi connectivity index (χ4n) is 2.66. The van der Waals surface area contributed by atoms with Gasteiger partial charge in [-0.05, 0) is 25.7 Å². The highest BCUT2D eigenvalue weighted by molar-refractivity contribution is 6.66. The standard InChI is InChI=1S/C15H33NO2Si/c1-5-12-17-19(14(3)4,18-13-6-2)16-15-10-8-7-9-11-15/h14-16H,5-13H2,1-4H3. The molecule has 0 saturated heterocycles. The van der Waals surface area contributed by atoms with Gasteiger partial charge in [-0.1, -0.05) is 47.0 Å². The Morgan fingerprint density at radius 2 is 1.53 bits per heavy atom. The van der Waals surface area contributed by atoms with E-state index < -0.39 is 8.72 Å². The minimum absolute atomic E-state index is 0.451. The predicted octanol–water partition coefficient (Wildman–Crippen LogP) is 4.11. The van der Waals surface area contributed by atoms with Gasteiger partial charge in [0.15, 0.2) is 0 Å². The van der Waals surface area contributed by atoms with E-state index in [4.69, 9.17) is 8.85 Å². The third kappa shape index (κ3) is 5.54. The van der Waals surface area contributed by atoms with Gasteiger partial charge in [-0.25, -0.2) is 0 Å². The SMILES string of the molecule is CCCO[Si](NC1CCCCC1)(OCCC)C(C)C.